The highest BCUT2D eigenvalue weighted by Crippen LogP contribution is 2.18. The summed E-state index contributed by atoms with van der Waals surface area (Å²) in [5.74, 6) is -0.231. The molecule has 1 aromatic heterocycles. The van der Waals surface area contributed by atoms with E-state index in [9.17, 15) is 4.79 Å². The molecule has 0 spiro atoms. The zero-order valence-electron chi connectivity index (χ0n) is 8.87. The monoisotopic (exact) mass is 227 g/mol. The quantitative estimate of drug-likeness (QED) is 0.756. The summed E-state index contributed by atoms with van der Waals surface area (Å²) in [6.45, 7) is 0. The third-order valence-corrected chi connectivity index (χ3v) is 2.15. The van der Waals surface area contributed by atoms with Gasteiger partial charge in [0, 0.05) is 0 Å². The van der Waals surface area contributed by atoms with Gasteiger partial charge in [0.1, 0.15) is 6.07 Å². The number of rotatable bonds is 3. The second-order valence-electron chi connectivity index (χ2n) is 3.30. The summed E-state index contributed by atoms with van der Waals surface area (Å²) < 4.78 is 10.1. The molecule has 4 heteroatoms. The molecule has 1 aromatic carbocycles. The van der Waals surface area contributed by atoms with Crippen molar-refractivity contribution in [3.05, 3.63) is 60.1 Å². The second-order valence-corrected chi connectivity index (χ2v) is 3.30. The average Bonchev–Trinajstić information content (AvgIpc) is 2.90. The van der Waals surface area contributed by atoms with Crippen LogP contribution in [-0.4, -0.2) is 5.97 Å². The Balaban J connectivity index is 2.11. The van der Waals surface area contributed by atoms with Crippen LogP contribution in [0.1, 0.15) is 22.2 Å². The van der Waals surface area contributed by atoms with Crippen molar-refractivity contribution in [3.63, 3.8) is 0 Å². The summed E-state index contributed by atoms with van der Waals surface area (Å²) in [5, 5.41) is 8.91. The molecule has 4 nitrogen and oxygen atoms in total. The molecule has 1 unspecified atom stereocenters. The lowest BCUT2D eigenvalue weighted by atomic mass is 10.2. The third-order valence-electron chi connectivity index (χ3n) is 2.15. The summed E-state index contributed by atoms with van der Waals surface area (Å²) in [4.78, 5) is 11.7. The predicted octanol–water partition coefficient (Wildman–Crippen LogP) is 2.70. The summed E-state index contributed by atoms with van der Waals surface area (Å²) in [6, 6.07) is 13.6. The molecule has 0 aliphatic rings. The smallest absolute Gasteiger partial charge is 0.339 e. The molecule has 0 N–H and O–H groups in total. The second kappa shape index (κ2) is 4.99. The number of nitrogens with zero attached hydrogens (tertiary/aromatic N) is 1. The molecule has 1 heterocycles. The van der Waals surface area contributed by atoms with Gasteiger partial charge in [-0.3, -0.25) is 0 Å². The SMILES string of the molecule is N#CC(OC(=O)c1ccccc1)c1ccco1. The van der Waals surface area contributed by atoms with Crippen LogP contribution in [0.5, 0.6) is 0 Å². The van der Waals surface area contributed by atoms with Crippen LogP contribution < -0.4 is 0 Å². The molecule has 0 amide bonds. The van der Waals surface area contributed by atoms with E-state index in [1.54, 1.807) is 42.5 Å². The number of benzene rings is 1. The van der Waals surface area contributed by atoms with Gasteiger partial charge in [0.15, 0.2) is 5.76 Å². The summed E-state index contributed by atoms with van der Waals surface area (Å²) in [5.41, 5.74) is 0.402. The van der Waals surface area contributed by atoms with E-state index in [1.807, 2.05) is 6.07 Å². The van der Waals surface area contributed by atoms with Gasteiger partial charge in [-0.05, 0) is 24.3 Å². The molecule has 0 fully saturated rings. The van der Waals surface area contributed by atoms with Crippen LogP contribution in [0.2, 0.25) is 0 Å². The Hall–Kier alpha value is -2.54. The van der Waals surface area contributed by atoms with Gasteiger partial charge >= 0.3 is 5.97 Å². The first-order valence-electron chi connectivity index (χ1n) is 5.00. The van der Waals surface area contributed by atoms with E-state index in [2.05, 4.69) is 0 Å². The fourth-order valence-corrected chi connectivity index (χ4v) is 1.34. The molecule has 0 aliphatic carbocycles. The van der Waals surface area contributed by atoms with Crippen molar-refractivity contribution < 1.29 is 13.9 Å². The Morgan fingerprint density at radius 1 is 1.24 bits per heavy atom. The molecule has 84 valence electrons. The largest absolute Gasteiger partial charge is 0.464 e. The molecule has 0 radical (unpaired) electrons. The van der Waals surface area contributed by atoms with Crippen molar-refractivity contribution in [2.24, 2.45) is 0 Å². The van der Waals surface area contributed by atoms with Crippen LogP contribution in [0.4, 0.5) is 0 Å². The molecule has 1 atom stereocenters. The van der Waals surface area contributed by atoms with Crippen molar-refractivity contribution >= 4 is 5.97 Å². The fraction of sp³-hybridized carbons (Fsp3) is 0.0769. The van der Waals surface area contributed by atoms with Crippen LogP contribution in [0.15, 0.2) is 53.1 Å². The minimum absolute atomic E-state index is 0.316. The van der Waals surface area contributed by atoms with E-state index in [1.165, 1.54) is 6.26 Å². The average molecular weight is 227 g/mol. The number of carbonyl (C=O) groups excluding carboxylic acids is 1. The van der Waals surface area contributed by atoms with E-state index in [0.29, 0.717) is 11.3 Å². The van der Waals surface area contributed by atoms with Gasteiger partial charge in [0.2, 0.25) is 6.10 Å². The van der Waals surface area contributed by atoms with Crippen molar-refractivity contribution in [2.45, 2.75) is 6.10 Å². The molecular weight excluding hydrogens is 218 g/mol. The minimum Gasteiger partial charge on any atom is -0.464 e. The molecule has 0 bridgehead atoms. The first kappa shape index (κ1) is 11.0. The highest BCUT2D eigenvalue weighted by atomic mass is 16.6. The van der Waals surface area contributed by atoms with E-state index in [-0.39, 0.29) is 0 Å². The van der Waals surface area contributed by atoms with Crippen molar-refractivity contribution in [1.29, 1.82) is 5.26 Å². The zero-order valence-corrected chi connectivity index (χ0v) is 8.87. The highest BCUT2D eigenvalue weighted by Gasteiger charge is 2.19. The van der Waals surface area contributed by atoms with E-state index >= 15 is 0 Å². The highest BCUT2D eigenvalue weighted by molar-refractivity contribution is 5.89. The molecular formula is C13H9NO3. The molecule has 2 rings (SSSR count). The Labute approximate surface area is 98.0 Å². The maximum absolute atomic E-state index is 11.7. The predicted molar refractivity (Wildman–Crippen MR) is 58.9 cm³/mol. The Morgan fingerprint density at radius 3 is 2.59 bits per heavy atom. The maximum Gasteiger partial charge on any atom is 0.339 e. The van der Waals surface area contributed by atoms with Crippen LogP contribution in [-0.2, 0) is 4.74 Å². The fourth-order valence-electron chi connectivity index (χ4n) is 1.34. The molecule has 0 aliphatic heterocycles. The number of carbonyl (C=O) groups is 1. The van der Waals surface area contributed by atoms with Crippen LogP contribution in [0, 0.1) is 11.3 Å². The lowest BCUT2D eigenvalue weighted by Gasteiger charge is -2.08. The van der Waals surface area contributed by atoms with Gasteiger partial charge in [0.25, 0.3) is 0 Å². The molecule has 17 heavy (non-hydrogen) atoms. The number of hydrogen-bond acceptors (Lipinski definition) is 4. The van der Waals surface area contributed by atoms with Gasteiger partial charge in [-0.2, -0.15) is 5.26 Å². The summed E-state index contributed by atoms with van der Waals surface area (Å²) >= 11 is 0. The normalized spacial score (nSPS) is 11.5. The number of nitriles is 1. The lowest BCUT2D eigenvalue weighted by Crippen LogP contribution is -2.09. The van der Waals surface area contributed by atoms with Gasteiger partial charge in [-0.1, -0.05) is 18.2 Å². The first-order valence-corrected chi connectivity index (χ1v) is 5.00. The number of esters is 1. The van der Waals surface area contributed by atoms with Gasteiger partial charge in [-0.15, -0.1) is 0 Å². The van der Waals surface area contributed by atoms with Crippen LogP contribution in [0.3, 0.4) is 0 Å². The van der Waals surface area contributed by atoms with Crippen molar-refractivity contribution in [2.75, 3.05) is 0 Å². The Morgan fingerprint density at radius 2 is 2.00 bits per heavy atom. The minimum atomic E-state index is -1.02. The maximum atomic E-state index is 11.7. The Kier molecular flexibility index (Phi) is 3.22. The van der Waals surface area contributed by atoms with Gasteiger partial charge in [-0.25, -0.2) is 4.79 Å². The standard InChI is InChI=1S/C13H9NO3/c14-9-12(11-7-4-8-16-11)17-13(15)10-5-2-1-3-6-10/h1-8,12H. The molecule has 2 aromatic rings. The van der Waals surface area contributed by atoms with Crippen LogP contribution >= 0.6 is 0 Å². The molecule has 0 saturated heterocycles. The van der Waals surface area contributed by atoms with E-state index < -0.39 is 12.1 Å². The first-order chi connectivity index (χ1) is 8.31. The van der Waals surface area contributed by atoms with Crippen LogP contribution in [0.25, 0.3) is 0 Å². The van der Waals surface area contributed by atoms with Crippen molar-refractivity contribution in [1.82, 2.24) is 0 Å². The molecule has 0 saturated carbocycles. The lowest BCUT2D eigenvalue weighted by molar-refractivity contribution is 0.0367. The summed E-state index contributed by atoms with van der Waals surface area (Å²) in [6.07, 6.45) is 0.411. The van der Waals surface area contributed by atoms with Gasteiger partial charge in [0.05, 0.1) is 11.8 Å². The van der Waals surface area contributed by atoms with Crippen molar-refractivity contribution in [3.8, 4) is 6.07 Å². The number of furan rings is 1. The van der Waals surface area contributed by atoms with E-state index in [4.69, 9.17) is 14.4 Å². The summed E-state index contributed by atoms with van der Waals surface area (Å²) in [7, 11) is 0. The Bertz CT molecular complexity index is 526. The topological polar surface area (TPSA) is 63.2 Å². The number of ether oxygens (including phenoxy) is 1. The number of hydrogen-bond donors (Lipinski definition) is 0. The zero-order chi connectivity index (χ0) is 12.1. The third kappa shape index (κ3) is 2.52. The van der Waals surface area contributed by atoms with Gasteiger partial charge < -0.3 is 9.15 Å². The van der Waals surface area contributed by atoms with E-state index in [0.717, 1.165) is 0 Å².